The summed E-state index contributed by atoms with van der Waals surface area (Å²) in [6.07, 6.45) is 2.97. The zero-order chi connectivity index (χ0) is 22.6. The molecule has 31 heavy (non-hydrogen) atoms. The highest BCUT2D eigenvalue weighted by Crippen LogP contribution is 2.17. The predicted octanol–water partition coefficient (Wildman–Crippen LogP) is 2.27. The highest BCUT2D eigenvalue weighted by atomic mass is 16.5. The smallest absolute Gasteiger partial charge is 0.343 e. The van der Waals surface area contributed by atoms with Crippen molar-refractivity contribution in [3.05, 3.63) is 59.7 Å². The zero-order valence-electron chi connectivity index (χ0n) is 17.3. The SMILES string of the molecule is CCCCCNC(=O)COC(=O)c1ccc(OC(=O)c2ccc(N=C(N)N)cc2)cc1. The van der Waals surface area contributed by atoms with Crippen LogP contribution in [0.25, 0.3) is 0 Å². The van der Waals surface area contributed by atoms with Crippen LogP contribution in [-0.2, 0) is 9.53 Å². The van der Waals surface area contributed by atoms with Crippen LogP contribution in [0.3, 0.4) is 0 Å². The van der Waals surface area contributed by atoms with Crippen molar-refractivity contribution in [1.82, 2.24) is 5.32 Å². The van der Waals surface area contributed by atoms with Crippen molar-refractivity contribution >= 4 is 29.5 Å². The molecule has 0 unspecified atom stereocenters. The lowest BCUT2D eigenvalue weighted by Crippen LogP contribution is -2.29. The number of hydrogen-bond acceptors (Lipinski definition) is 6. The van der Waals surface area contributed by atoms with Crippen LogP contribution < -0.4 is 21.5 Å². The van der Waals surface area contributed by atoms with Gasteiger partial charge in [-0.3, -0.25) is 4.79 Å². The van der Waals surface area contributed by atoms with Crippen molar-refractivity contribution < 1.29 is 23.9 Å². The number of rotatable bonds is 10. The second-order valence-electron chi connectivity index (χ2n) is 6.63. The fourth-order valence-corrected chi connectivity index (χ4v) is 2.51. The number of carbonyl (C=O) groups excluding carboxylic acids is 3. The van der Waals surface area contributed by atoms with E-state index in [-0.39, 0.29) is 29.8 Å². The topological polar surface area (TPSA) is 146 Å². The summed E-state index contributed by atoms with van der Waals surface area (Å²) in [5.41, 5.74) is 11.7. The lowest BCUT2D eigenvalue weighted by atomic mass is 10.2. The maximum Gasteiger partial charge on any atom is 0.343 e. The molecule has 0 bridgehead atoms. The zero-order valence-corrected chi connectivity index (χ0v) is 17.3. The van der Waals surface area contributed by atoms with E-state index in [1.54, 1.807) is 12.1 Å². The van der Waals surface area contributed by atoms with Crippen LogP contribution >= 0.6 is 0 Å². The molecule has 164 valence electrons. The van der Waals surface area contributed by atoms with E-state index in [9.17, 15) is 14.4 Å². The number of aliphatic imine (C=N–C) groups is 1. The fourth-order valence-electron chi connectivity index (χ4n) is 2.51. The minimum atomic E-state index is -0.642. The number of guanidine groups is 1. The van der Waals surface area contributed by atoms with Crippen LogP contribution in [0.2, 0.25) is 0 Å². The molecule has 0 saturated carbocycles. The molecule has 0 atom stereocenters. The Morgan fingerprint density at radius 1 is 0.903 bits per heavy atom. The highest BCUT2D eigenvalue weighted by molar-refractivity contribution is 5.93. The van der Waals surface area contributed by atoms with Gasteiger partial charge >= 0.3 is 11.9 Å². The van der Waals surface area contributed by atoms with E-state index in [1.165, 1.54) is 36.4 Å². The molecule has 9 heteroatoms. The summed E-state index contributed by atoms with van der Waals surface area (Å²) in [5, 5.41) is 2.69. The molecule has 0 heterocycles. The number of hydrogen-bond donors (Lipinski definition) is 3. The normalized spacial score (nSPS) is 10.1. The van der Waals surface area contributed by atoms with Crippen LogP contribution in [0, 0.1) is 0 Å². The number of nitrogens with one attached hydrogen (secondary N) is 1. The Bertz CT molecular complexity index is 920. The summed E-state index contributed by atoms with van der Waals surface area (Å²) >= 11 is 0. The maximum atomic E-state index is 12.2. The number of ether oxygens (including phenoxy) is 2. The number of nitrogens with zero attached hydrogens (tertiary/aromatic N) is 1. The molecular weight excluding hydrogens is 400 g/mol. The molecule has 9 nitrogen and oxygen atoms in total. The number of benzene rings is 2. The molecule has 2 rings (SSSR count). The Morgan fingerprint density at radius 3 is 2.13 bits per heavy atom. The first kappa shape index (κ1) is 23.4. The van der Waals surface area contributed by atoms with Gasteiger partial charge in [0.25, 0.3) is 5.91 Å². The van der Waals surface area contributed by atoms with Crippen LogP contribution in [-0.4, -0.2) is 37.0 Å². The lowest BCUT2D eigenvalue weighted by molar-refractivity contribution is -0.124. The average Bonchev–Trinajstić information content (AvgIpc) is 2.75. The van der Waals surface area contributed by atoms with Gasteiger partial charge in [0.1, 0.15) is 5.75 Å². The van der Waals surface area contributed by atoms with Crippen molar-refractivity contribution in [1.29, 1.82) is 0 Å². The number of esters is 2. The van der Waals surface area contributed by atoms with Gasteiger partial charge in [0, 0.05) is 6.54 Å². The van der Waals surface area contributed by atoms with Gasteiger partial charge < -0.3 is 26.3 Å². The van der Waals surface area contributed by atoms with Crippen LogP contribution in [0.15, 0.2) is 53.5 Å². The van der Waals surface area contributed by atoms with Gasteiger partial charge in [0.2, 0.25) is 0 Å². The number of carbonyl (C=O) groups is 3. The summed E-state index contributed by atoms with van der Waals surface area (Å²) in [6.45, 7) is 2.28. The molecule has 5 N–H and O–H groups in total. The van der Waals surface area contributed by atoms with Gasteiger partial charge in [-0.2, -0.15) is 0 Å². The standard InChI is InChI=1S/C22H26N4O5/c1-2-3-4-13-25-19(27)14-30-20(28)15-7-11-18(12-8-15)31-21(29)16-5-9-17(10-6-16)26-22(23)24/h5-12H,2-4,13-14H2,1H3,(H,25,27)(H4,23,24,26). The second-order valence-corrected chi connectivity index (χ2v) is 6.63. The molecule has 0 fully saturated rings. The Balaban J connectivity index is 1.84. The Kier molecular flexibility index (Phi) is 9.03. The molecular formula is C22H26N4O5. The number of amides is 1. The van der Waals surface area contributed by atoms with Gasteiger partial charge in [-0.1, -0.05) is 19.8 Å². The summed E-state index contributed by atoms with van der Waals surface area (Å²) < 4.78 is 10.3. The van der Waals surface area contributed by atoms with Crippen molar-refractivity contribution in [3.63, 3.8) is 0 Å². The summed E-state index contributed by atoms with van der Waals surface area (Å²) in [6, 6.07) is 12.1. The lowest BCUT2D eigenvalue weighted by Gasteiger charge is -2.08. The van der Waals surface area contributed by atoms with Crippen LogP contribution in [0.5, 0.6) is 5.75 Å². The van der Waals surface area contributed by atoms with Crippen LogP contribution in [0.4, 0.5) is 5.69 Å². The first-order valence-electron chi connectivity index (χ1n) is 9.84. The molecule has 1 amide bonds. The third-order valence-electron chi connectivity index (χ3n) is 4.10. The first-order valence-corrected chi connectivity index (χ1v) is 9.84. The summed E-state index contributed by atoms with van der Waals surface area (Å²) in [5.74, 6) is -1.39. The maximum absolute atomic E-state index is 12.2. The number of unbranched alkanes of at least 4 members (excludes halogenated alkanes) is 2. The molecule has 0 radical (unpaired) electrons. The molecule has 0 aliphatic heterocycles. The molecule has 0 aromatic heterocycles. The van der Waals surface area contributed by atoms with Gasteiger partial charge in [-0.15, -0.1) is 0 Å². The molecule has 2 aromatic rings. The molecule has 0 aliphatic carbocycles. The van der Waals surface area contributed by atoms with Gasteiger partial charge in [0.05, 0.1) is 16.8 Å². The molecule has 0 aliphatic rings. The van der Waals surface area contributed by atoms with Gasteiger partial charge in [0.15, 0.2) is 12.6 Å². The molecule has 0 spiro atoms. The van der Waals surface area contributed by atoms with E-state index in [4.69, 9.17) is 20.9 Å². The minimum absolute atomic E-state index is 0.0819. The third-order valence-corrected chi connectivity index (χ3v) is 4.10. The Morgan fingerprint density at radius 2 is 1.52 bits per heavy atom. The minimum Gasteiger partial charge on any atom is -0.452 e. The van der Waals surface area contributed by atoms with Gasteiger partial charge in [-0.05, 0) is 55.0 Å². The van der Waals surface area contributed by atoms with Crippen molar-refractivity contribution in [3.8, 4) is 5.75 Å². The Hall–Kier alpha value is -3.88. The van der Waals surface area contributed by atoms with E-state index in [0.29, 0.717) is 17.8 Å². The van der Waals surface area contributed by atoms with Crippen molar-refractivity contribution in [2.75, 3.05) is 13.2 Å². The first-order chi connectivity index (χ1) is 14.9. The van der Waals surface area contributed by atoms with E-state index in [0.717, 1.165) is 19.3 Å². The third kappa shape index (κ3) is 8.17. The molecule has 0 saturated heterocycles. The average molecular weight is 426 g/mol. The Labute approximate surface area is 180 Å². The van der Waals surface area contributed by atoms with E-state index < -0.39 is 11.9 Å². The second kappa shape index (κ2) is 12.0. The fraction of sp³-hybridized carbons (Fsp3) is 0.273. The predicted molar refractivity (Wildman–Crippen MR) is 116 cm³/mol. The van der Waals surface area contributed by atoms with E-state index >= 15 is 0 Å². The highest BCUT2D eigenvalue weighted by Gasteiger charge is 2.12. The van der Waals surface area contributed by atoms with Crippen LogP contribution in [0.1, 0.15) is 46.9 Å². The van der Waals surface area contributed by atoms with Gasteiger partial charge in [-0.25, -0.2) is 14.6 Å². The largest absolute Gasteiger partial charge is 0.452 e. The molecule has 2 aromatic carbocycles. The van der Waals surface area contributed by atoms with Crippen molar-refractivity contribution in [2.45, 2.75) is 26.2 Å². The summed E-state index contributed by atoms with van der Waals surface area (Å²) in [4.78, 5) is 39.8. The van der Waals surface area contributed by atoms with Crippen molar-refractivity contribution in [2.24, 2.45) is 16.5 Å². The van der Waals surface area contributed by atoms with E-state index in [1.807, 2.05) is 0 Å². The quantitative estimate of drug-likeness (QED) is 0.174. The number of nitrogens with two attached hydrogens (primary N) is 2. The summed E-state index contributed by atoms with van der Waals surface area (Å²) in [7, 11) is 0. The monoisotopic (exact) mass is 426 g/mol. The van der Waals surface area contributed by atoms with E-state index in [2.05, 4.69) is 17.2 Å².